The Balaban J connectivity index is 0.000000174. The molecule has 3 rings (SSSR count). The van der Waals surface area contributed by atoms with Crippen LogP contribution in [0.25, 0.3) is 10.9 Å². The molecule has 0 saturated heterocycles. The summed E-state index contributed by atoms with van der Waals surface area (Å²) < 4.78 is 10.8. The van der Waals surface area contributed by atoms with E-state index in [9.17, 15) is 9.00 Å². The third kappa shape index (κ3) is 5.66. The molecule has 1 amide bonds. The molecule has 0 bridgehead atoms. The van der Waals surface area contributed by atoms with Gasteiger partial charge in [0.05, 0.1) is 0 Å². The standard InChI is InChI=1S/C9H7ClN2O.C8H16OS/c10-6-1-2-7-5(3-6)4-8(12-7)9(11)13;1-10(9)7-8-5-3-2-4-6-8/h1-4,12H,(H2,11,13);8H,2-7H2,1H3. The summed E-state index contributed by atoms with van der Waals surface area (Å²) in [6.45, 7) is 0. The number of halogens is 1. The van der Waals surface area contributed by atoms with Crippen LogP contribution in [0.15, 0.2) is 24.3 Å². The molecule has 0 aliphatic heterocycles. The Bertz CT molecular complexity index is 693. The molecule has 1 heterocycles. The van der Waals surface area contributed by atoms with E-state index in [2.05, 4.69) is 4.98 Å². The van der Waals surface area contributed by atoms with Crippen LogP contribution in [-0.4, -0.2) is 27.1 Å². The third-order valence-corrected chi connectivity index (χ3v) is 5.22. The number of carbonyl (C=O) groups is 1. The van der Waals surface area contributed by atoms with Crippen LogP contribution in [0.5, 0.6) is 0 Å². The molecule has 1 aliphatic rings. The summed E-state index contributed by atoms with van der Waals surface area (Å²) in [6.07, 6.45) is 8.57. The highest BCUT2D eigenvalue weighted by Gasteiger charge is 2.13. The number of aromatic amines is 1. The van der Waals surface area contributed by atoms with Crippen molar-refractivity contribution in [3.63, 3.8) is 0 Å². The maximum Gasteiger partial charge on any atom is 0.265 e. The van der Waals surface area contributed by atoms with Gasteiger partial charge in [0.25, 0.3) is 5.91 Å². The van der Waals surface area contributed by atoms with Gasteiger partial charge in [-0.3, -0.25) is 9.00 Å². The van der Waals surface area contributed by atoms with Gasteiger partial charge in [0.1, 0.15) is 5.69 Å². The Morgan fingerprint density at radius 2 is 2.00 bits per heavy atom. The molecule has 3 N–H and O–H groups in total. The lowest BCUT2D eigenvalue weighted by atomic mass is 9.91. The van der Waals surface area contributed by atoms with Gasteiger partial charge < -0.3 is 10.7 Å². The first-order valence-corrected chi connectivity index (χ1v) is 9.94. The van der Waals surface area contributed by atoms with Gasteiger partial charge in [0, 0.05) is 38.7 Å². The second kappa shape index (κ2) is 8.50. The Kier molecular flexibility index (Phi) is 6.66. The lowest BCUT2D eigenvalue weighted by Gasteiger charge is -2.19. The average molecular weight is 355 g/mol. The van der Waals surface area contributed by atoms with Crippen LogP contribution in [-0.2, 0) is 10.8 Å². The van der Waals surface area contributed by atoms with Crippen LogP contribution in [0.1, 0.15) is 42.6 Å². The molecule has 1 atom stereocenters. The predicted molar refractivity (Wildman–Crippen MR) is 97.3 cm³/mol. The number of primary amides is 1. The normalized spacial score (nSPS) is 16.6. The SMILES string of the molecule is CS(=O)CC1CCCCC1.NC(=O)c1cc2cc(Cl)ccc2[nH]1. The zero-order valence-corrected chi connectivity index (χ0v) is 14.9. The lowest BCUT2D eigenvalue weighted by Crippen LogP contribution is -2.13. The number of benzene rings is 1. The summed E-state index contributed by atoms with van der Waals surface area (Å²) in [5.41, 5.74) is 6.37. The molecule has 23 heavy (non-hydrogen) atoms. The number of rotatable bonds is 3. The van der Waals surface area contributed by atoms with Gasteiger partial charge in [-0.25, -0.2) is 0 Å². The topological polar surface area (TPSA) is 76.0 Å². The number of aromatic nitrogens is 1. The van der Waals surface area contributed by atoms with Crippen LogP contribution in [0, 0.1) is 5.92 Å². The molecule has 1 aliphatic carbocycles. The van der Waals surface area contributed by atoms with Gasteiger partial charge in [0.15, 0.2) is 0 Å². The number of fused-ring (bicyclic) bond motifs is 1. The minimum atomic E-state index is -0.563. The quantitative estimate of drug-likeness (QED) is 0.877. The van der Waals surface area contributed by atoms with Crippen LogP contribution in [0.3, 0.4) is 0 Å². The number of nitrogens with one attached hydrogen (secondary N) is 1. The van der Waals surface area contributed by atoms with Crippen LogP contribution in [0.4, 0.5) is 0 Å². The Hall–Kier alpha value is -1.33. The van der Waals surface area contributed by atoms with Crippen molar-refractivity contribution in [2.75, 3.05) is 12.0 Å². The zero-order valence-electron chi connectivity index (χ0n) is 13.3. The fourth-order valence-electron chi connectivity index (χ4n) is 2.92. The smallest absolute Gasteiger partial charge is 0.265 e. The molecule has 1 unspecified atom stereocenters. The summed E-state index contributed by atoms with van der Waals surface area (Å²) >= 11 is 5.78. The summed E-state index contributed by atoms with van der Waals surface area (Å²) in [5, 5.41) is 1.53. The molecule has 0 radical (unpaired) electrons. The van der Waals surface area contributed by atoms with E-state index < -0.39 is 16.7 Å². The van der Waals surface area contributed by atoms with Gasteiger partial charge in [-0.1, -0.05) is 30.9 Å². The summed E-state index contributed by atoms with van der Waals surface area (Å²) in [7, 11) is -0.563. The van der Waals surface area contributed by atoms with Crippen molar-refractivity contribution in [1.29, 1.82) is 0 Å². The van der Waals surface area contributed by atoms with Gasteiger partial charge in [0.2, 0.25) is 0 Å². The summed E-state index contributed by atoms with van der Waals surface area (Å²) in [4.78, 5) is 13.7. The fraction of sp³-hybridized carbons (Fsp3) is 0.471. The molecule has 0 spiro atoms. The first kappa shape index (κ1) is 18.0. The maximum absolute atomic E-state index is 10.8. The van der Waals surface area contributed by atoms with Crippen molar-refractivity contribution < 1.29 is 9.00 Å². The number of hydrogen-bond donors (Lipinski definition) is 2. The molecule has 4 nitrogen and oxygen atoms in total. The van der Waals surface area contributed by atoms with Crippen LogP contribution in [0.2, 0.25) is 5.02 Å². The van der Waals surface area contributed by atoms with E-state index in [0.717, 1.165) is 22.6 Å². The van der Waals surface area contributed by atoms with E-state index >= 15 is 0 Å². The van der Waals surface area contributed by atoms with Crippen molar-refractivity contribution in [3.8, 4) is 0 Å². The van der Waals surface area contributed by atoms with Crippen LogP contribution >= 0.6 is 11.6 Å². The molecule has 1 aromatic heterocycles. The van der Waals surface area contributed by atoms with Crippen molar-refractivity contribution in [2.24, 2.45) is 11.7 Å². The second-order valence-corrected chi connectivity index (χ2v) is 7.94. The molecule has 2 aromatic rings. The highest BCUT2D eigenvalue weighted by atomic mass is 35.5. The van der Waals surface area contributed by atoms with Crippen molar-refractivity contribution in [3.05, 3.63) is 35.0 Å². The summed E-state index contributed by atoms with van der Waals surface area (Å²) in [6, 6.07) is 7.03. The van der Waals surface area contributed by atoms with Crippen molar-refractivity contribution in [2.45, 2.75) is 32.1 Å². The Morgan fingerprint density at radius 3 is 2.61 bits per heavy atom. The molecular formula is C17H23ClN2O2S. The first-order valence-electron chi connectivity index (χ1n) is 7.84. The molecular weight excluding hydrogens is 332 g/mol. The minimum Gasteiger partial charge on any atom is -0.364 e. The molecule has 1 aromatic carbocycles. The van der Waals surface area contributed by atoms with E-state index in [-0.39, 0.29) is 0 Å². The van der Waals surface area contributed by atoms with E-state index in [4.69, 9.17) is 17.3 Å². The number of carbonyl (C=O) groups excluding carboxylic acids is 1. The molecule has 126 valence electrons. The number of nitrogens with two attached hydrogens (primary N) is 1. The van der Waals surface area contributed by atoms with E-state index in [1.807, 2.05) is 12.3 Å². The van der Waals surface area contributed by atoms with E-state index in [1.165, 1.54) is 32.1 Å². The number of H-pyrrole nitrogens is 1. The van der Waals surface area contributed by atoms with Crippen LogP contribution < -0.4 is 5.73 Å². The van der Waals surface area contributed by atoms with Crippen molar-refractivity contribution >= 4 is 39.2 Å². The maximum atomic E-state index is 10.8. The van der Waals surface area contributed by atoms with Gasteiger partial charge >= 0.3 is 0 Å². The predicted octanol–water partition coefficient (Wildman–Crippen LogP) is 3.87. The van der Waals surface area contributed by atoms with Crippen molar-refractivity contribution in [1.82, 2.24) is 4.98 Å². The van der Waals surface area contributed by atoms with Gasteiger partial charge in [-0.05, 0) is 43.0 Å². The highest BCUT2D eigenvalue weighted by molar-refractivity contribution is 7.84. The molecule has 1 saturated carbocycles. The van der Waals surface area contributed by atoms with Gasteiger partial charge in [-0.2, -0.15) is 0 Å². The largest absolute Gasteiger partial charge is 0.364 e. The average Bonchev–Trinajstić information content (AvgIpc) is 2.91. The minimum absolute atomic E-state index is 0.400. The third-order valence-electron chi connectivity index (χ3n) is 4.04. The monoisotopic (exact) mass is 354 g/mol. The summed E-state index contributed by atoms with van der Waals surface area (Å²) in [5.74, 6) is 1.26. The zero-order chi connectivity index (χ0) is 16.8. The molecule has 1 fully saturated rings. The Morgan fingerprint density at radius 1 is 1.30 bits per heavy atom. The number of hydrogen-bond acceptors (Lipinski definition) is 2. The lowest BCUT2D eigenvalue weighted by molar-refractivity contribution is 0.0996. The highest BCUT2D eigenvalue weighted by Crippen LogP contribution is 2.23. The second-order valence-electron chi connectivity index (χ2n) is 6.02. The van der Waals surface area contributed by atoms with E-state index in [1.54, 1.807) is 18.2 Å². The Labute approximate surface area is 144 Å². The first-order chi connectivity index (χ1) is 11.0. The van der Waals surface area contributed by atoms with E-state index in [0.29, 0.717) is 10.7 Å². The van der Waals surface area contributed by atoms with Gasteiger partial charge in [-0.15, -0.1) is 0 Å². The number of amides is 1. The molecule has 6 heteroatoms. The fourth-order valence-corrected chi connectivity index (χ4v) is 4.10.